The molecule has 3 aliphatic heterocycles. The minimum absolute atomic E-state index is 0.0183. The van der Waals surface area contributed by atoms with Gasteiger partial charge < -0.3 is 19.9 Å². The third-order valence-electron chi connectivity index (χ3n) is 6.81. The Kier molecular flexibility index (Phi) is 7.43. The summed E-state index contributed by atoms with van der Waals surface area (Å²) in [4.78, 5) is 4.96. The molecule has 0 aromatic heterocycles. The first-order chi connectivity index (χ1) is 14.3. The zero-order valence-corrected chi connectivity index (χ0v) is 17.7. The zero-order valence-electron chi connectivity index (χ0n) is 17.7. The number of nitrogens with zero attached hydrogens (tertiary/aromatic N) is 2. The van der Waals surface area contributed by atoms with Crippen molar-refractivity contribution in [1.29, 1.82) is 0 Å². The number of benzene rings is 1. The Morgan fingerprint density at radius 3 is 2.90 bits per heavy atom. The maximum atomic E-state index is 10.7. The molecule has 6 nitrogen and oxygen atoms in total. The van der Waals surface area contributed by atoms with Crippen LogP contribution in [0.25, 0.3) is 0 Å². The van der Waals surface area contributed by atoms with Crippen LogP contribution in [0.4, 0.5) is 0 Å². The van der Waals surface area contributed by atoms with Crippen LogP contribution in [0.2, 0.25) is 0 Å². The Labute approximate surface area is 175 Å². The zero-order chi connectivity index (χ0) is 19.9. The van der Waals surface area contributed by atoms with Crippen LogP contribution in [0.1, 0.15) is 31.2 Å². The maximum absolute atomic E-state index is 10.7. The van der Waals surface area contributed by atoms with Crippen molar-refractivity contribution in [2.75, 3.05) is 65.6 Å². The van der Waals surface area contributed by atoms with Crippen molar-refractivity contribution in [3.8, 4) is 5.75 Å². The molecule has 0 radical (unpaired) electrons. The lowest BCUT2D eigenvalue weighted by molar-refractivity contribution is -0.0515. The highest BCUT2D eigenvalue weighted by molar-refractivity contribution is 5.33. The smallest absolute Gasteiger partial charge is 0.123 e. The number of hydrogen-bond donors (Lipinski definition) is 2. The molecule has 4 rings (SSSR count). The minimum Gasteiger partial charge on any atom is -0.493 e. The normalized spacial score (nSPS) is 29.2. The molecule has 29 heavy (non-hydrogen) atoms. The fourth-order valence-electron chi connectivity index (χ4n) is 5.12. The average molecular weight is 404 g/mol. The predicted molar refractivity (Wildman–Crippen MR) is 114 cm³/mol. The van der Waals surface area contributed by atoms with Crippen molar-refractivity contribution in [1.82, 2.24) is 15.1 Å². The number of morpholine rings is 1. The van der Waals surface area contributed by atoms with Gasteiger partial charge in [0.25, 0.3) is 0 Å². The van der Waals surface area contributed by atoms with Crippen molar-refractivity contribution in [3.05, 3.63) is 29.8 Å². The lowest BCUT2D eigenvalue weighted by Gasteiger charge is -2.48. The van der Waals surface area contributed by atoms with Crippen LogP contribution in [0.3, 0.4) is 0 Å². The quantitative estimate of drug-likeness (QED) is 0.676. The number of hydrogen-bond acceptors (Lipinski definition) is 6. The van der Waals surface area contributed by atoms with E-state index in [1.165, 1.54) is 5.56 Å². The highest BCUT2D eigenvalue weighted by Crippen LogP contribution is 2.37. The Hall–Kier alpha value is -1.18. The van der Waals surface area contributed by atoms with Crippen LogP contribution in [0.5, 0.6) is 5.75 Å². The van der Waals surface area contributed by atoms with Gasteiger partial charge in [-0.2, -0.15) is 0 Å². The summed E-state index contributed by atoms with van der Waals surface area (Å²) in [5, 5.41) is 14.2. The lowest BCUT2D eigenvalue weighted by Crippen LogP contribution is -2.57. The molecule has 3 saturated heterocycles. The van der Waals surface area contributed by atoms with Gasteiger partial charge in [-0.25, -0.2) is 0 Å². The molecule has 6 heteroatoms. The predicted octanol–water partition coefficient (Wildman–Crippen LogP) is 1.72. The topological polar surface area (TPSA) is 57.2 Å². The average Bonchev–Trinajstić information content (AvgIpc) is 2.76. The molecular weight excluding hydrogens is 366 g/mol. The molecule has 0 aliphatic carbocycles. The number of para-hydroxylation sites is 1. The highest BCUT2D eigenvalue weighted by Gasteiger charge is 2.43. The second-order valence-electron chi connectivity index (χ2n) is 8.92. The maximum Gasteiger partial charge on any atom is 0.123 e. The number of nitrogens with one attached hydrogen (secondary N) is 1. The molecule has 0 saturated carbocycles. The van der Waals surface area contributed by atoms with Gasteiger partial charge in [0.15, 0.2) is 0 Å². The standard InChI is InChI=1S/C23H37N3O3/c27-22-7-9-24-18-23(22)8-3-10-26(19-23)17-20-5-1-2-6-21(20)29-14-4-11-25-12-15-28-16-13-25/h1-2,5-6,22,24,27H,3-4,7-19H2/t22-,23-/m0/s1. The van der Waals surface area contributed by atoms with E-state index in [9.17, 15) is 5.11 Å². The SMILES string of the molecule is O[C@H]1CCNC[C@]12CCCN(Cc1ccccc1OCCCN1CCOCC1)C2. The molecule has 2 atom stereocenters. The van der Waals surface area contributed by atoms with Crippen LogP contribution in [0.15, 0.2) is 24.3 Å². The summed E-state index contributed by atoms with van der Waals surface area (Å²) in [6.07, 6.45) is 4.01. The molecule has 0 unspecified atom stereocenters. The van der Waals surface area contributed by atoms with Crippen molar-refractivity contribution < 1.29 is 14.6 Å². The molecule has 1 aromatic carbocycles. The first-order valence-corrected chi connectivity index (χ1v) is 11.4. The van der Waals surface area contributed by atoms with Crippen LogP contribution in [0, 0.1) is 5.41 Å². The van der Waals surface area contributed by atoms with E-state index in [1.807, 2.05) is 0 Å². The Balaban J connectivity index is 1.29. The van der Waals surface area contributed by atoms with E-state index in [1.54, 1.807) is 0 Å². The van der Waals surface area contributed by atoms with Crippen molar-refractivity contribution >= 4 is 0 Å². The molecular formula is C23H37N3O3. The molecule has 3 heterocycles. The van der Waals surface area contributed by atoms with Crippen molar-refractivity contribution in [3.63, 3.8) is 0 Å². The highest BCUT2D eigenvalue weighted by atomic mass is 16.5. The number of aliphatic hydroxyl groups is 1. The summed E-state index contributed by atoms with van der Waals surface area (Å²) in [6, 6.07) is 8.45. The van der Waals surface area contributed by atoms with Crippen LogP contribution >= 0.6 is 0 Å². The third-order valence-corrected chi connectivity index (χ3v) is 6.81. The number of piperidine rings is 2. The van der Waals surface area contributed by atoms with Crippen molar-refractivity contribution in [2.24, 2.45) is 5.41 Å². The molecule has 2 N–H and O–H groups in total. The van der Waals surface area contributed by atoms with E-state index in [0.29, 0.717) is 0 Å². The van der Waals surface area contributed by atoms with Gasteiger partial charge in [-0.05, 0) is 44.8 Å². The van der Waals surface area contributed by atoms with Gasteiger partial charge in [0.1, 0.15) is 5.75 Å². The third kappa shape index (κ3) is 5.50. The van der Waals surface area contributed by atoms with Crippen LogP contribution < -0.4 is 10.1 Å². The molecule has 0 amide bonds. The number of likely N-dealkylation sites (tertiary alicyclic amines) is 1. The fourth-order valence-corrected chi connectivity index (χ4v) is 5.12. The molecule has 3 fully saturated rings. The van der Waals surface area contributed by atoms with Crippen molar-refractivity contribution in [2.45, 2.75) is 38.3 Å². The fraction of sp³-hybridized carbons (Fsp3) is 0.739. The molecule has 1 spiro atoms. The van der Waals surface area contributed by atoms with E-state index in [-0.39, 0.29) is 11.5 Å². The molecule has 162 valence electrons. The van der Waals surface area contributed by atoms with E-state index < -0.39 is 0 Å². The summed E-state index contributed by atoms with van der Waals surface area (Å²) < 4.78 is 11.6. The summed E-state index contributed by atoms with van der Waals surface area (Å²) in [5.74, 6) is 1.01. The largest absolute Gasteiger partial charge is 0.493 e. The van der Waals surface area contributed by atoms with E-state index >= 15 is 0 Å². The molecule has 3 aliphatic rings. The van der Waals surface area contributed by atoms with Gasteiger partial charge in [-0.1, -0.05) is 18.2 Å². The van der Waals surface area contributed by atoms with Gasteiger partial charge in [0, 0.05) is 50.2 Å². The second-order valence-corrected chi connectivity index (χ2v) is 8.92. The van der Waals surface area contributed by atoms with Gasteiger partial charge in [0.2, 0.25) is 0 Å². The van der Waals surface area contributed by atoms with E-state index in [0.717, 1.165) is 104 Å². The molecule has 0 bridgehead atoms. The Bertz CT molecular complexity index is 634. The van der Waals surface area contributed by atoms with E-state index in [4.69, 9.17) is 9.47 Å². The molecule has 1 aromatic rings. The minimum atomic E-state index is -0.182. The first kappa shape index (κ1) is 21.1. The monoisotopic (exact) mass is 403 g/mol. The van der Waals surface area contributed by atoms with Gasteiger partial charge in [0.05, 0.1) is 25.9 Å². The van der Waals surface area contributed by atoms with Gasteiger partial charge >= 0.3 is 0 Å². The second kappa shape index (κ2) is 10.2. The number of rotatable bonds is 7. The number of ether oxygens (including phenoxy) is 2. The van der Waals surface area contributed by atoms with Gasteiger partial charge in [-0.3, -0.25) is 9.80 Å². The number of aliphatic hydroxyl groups excluding tert-OH is 1. The van der Waals surface area contributed by atoms with Gasteiger partial charge in [-0.15, -0.1) is 0 Å². The Morgan fingerprint density at radius 2 is 2.03 bits per heavy atom. The Morgan fingerprint density at radius 1 is 1.17 bits per heavy atom. The first-order valence-electron chi connectivity index (χ1n) is 11.4. The summed E-state index contributed by atoms with van der Waals surface area (Å²) in [7, 11) is 0. The lowest BCUT2D eigenvalue weighted by atomic mass is 9.72. The summed E-state index contributed by atoms with van der Waals surface area (Å²) >= 11 is 0. The van der Waals surface area contributed by atoms with Crippen LogP contribution in [-0.2, 0) is 11.3 Å². The van der Waals surface area contributed by atoms with Crippen LogP contribution in [-0.4, -0.2) is 86.6 Å². The summed E-state index contributed by atoms with van der Waals surface area (Å²) in [6.45, 7) is 10.4. The van der Waals surface area contributed by atoms with E-state index in [2.05, 4.69) is 39.4 Å². The summed E-state index contributed by atoms with van der Waals surface area (Å²) in [5.41, 5.74) is 1.28.